The quantitative estimate of drug-likeness (QED) is 0.870. The first-order valence-corrected chi connectivity index (χ1v) is 5.12. The fourth-order valence-electron chi connectivity index (χ4n) is 1.22. The van der Waals surface area contributed by atoms with E-state index < -0.39 is 12.1 Å². The van der Waals surface area contributed by atoms with E-state index in [1.807, 2.05) is 19.9 Å². The number of benzene rings is 1. The lowest BCUT2D eigenvalue weighted by molar-refractivity contribution is -0.137. The summed E-state index contributed by atoms with van der Waals surface area (Å²) in [5, 5.41) is 8.53. The van der Waals surface area contributed by atoms with E-state index in [1.54, 1.807) is 12.1 Å². The molecule has 0 aromatic heterocycles. The Balaban J connectivity index is 2.67. The zero-order valence-corrected chi connectivity index (χ0v) is 10.1. The van der Waals surface area contributed by atoms with Gasteiger partial charge in [-0.25, -0.2) is 4.79 Å². The Kier molecular flexibility index (Phi) is 4.09. The van der Waals surface area contributed by atoms with Crippen LogP contribution >= 0.6 is 0 Å². The minimum atomic E-state index is -1.08. The van der Waals surface area contributed by atoms with Crippen LogP contribution in [0.15, 0.2) is 18.2 Å². The summed E-state index contributed by atoms with van der Waals surface area (Å²) >= 11 is 0. The summed E-state index contributed by atoms with van der Waals surface area (Å²) in [6.07, 6.45) is -0.685. The highest BCUT2D eigenvalue weighted by Crippen LogP contribution is 2.16. The second-order valence-electron chi connectivity index (χ2n) is 3.86. The van der Waals surface area contributed by atoms with Crippen molar-refractivity contribution in [2.24, 2.45) is 0 Å². The van der Waals surface area contributed by atoms with Crippen LogP contribution in [0.4, 0.5) is 4.79 Å². The number of amides is 1. The number of aryl methyl sites for hydroxylation is 2. The van der Waals surface area contributed by atoms with Gasteiger partial charge in [0.05, 0.1) is 0 Å². The Morgan fingerprint density at radius 2 is 1.94 bits per heavy atom. The molecule has 0 saturated heterocycles. The van der Waals surface area contributed by atoms with Gasteiger partial charge in [0, 0.05) is 7.05 Å². The molecule has 0 bridgehead atoms. The third-order valence-electron chi connectivity index (χ3n) is 2.37. The van der Waals surface area contributed by atoms with Gasteiger partial charge in [-0.05, 0) is 37.1 Å². The summed E-state index contributed by atoms with van der Waals surface area (Å²) in [6.45, 7) is 3.48. The van der Waals surface area contributed by atoms with E-state index >= 15 is 0 Å². The third-order valence-corrected chi connectivity index (χ3v) is 2.37. The molecular formula is C12H15NO4. The first kappa shape index (κ1) is 13.0. The van der Waals surface area contributed by atoms with E-state index in [0.717, 1.165) is 16.0 Å². The van der Waals surface area contributed by atoms with Crippen molar-refractivity contribution in [1.29, 1.82) is 0 Å². The Hall–Kier alpha value is -2.04. The van der Waals surface area contributed by atoms with Gasteiger partial charge < -0.3 is 9.84 Å². The molecule has 17 heavy (non-hydrogen) atoms. The van der Waals surface area contributed by atoms with Gasteiger partial charge >= 0.3 is 12.1 Å². The van der Waals surface area contributed by atoms with Gasteiger partial charge in [0.25, 0.3) is 0 Å². The highest BCUT2D eigenvalue weighted by molar-refractivity contribution is 5.77. The minimum absolute atomic E-state index is 0.385. The SMILES string of the molecule is Cc1ccc(OC(=O)N(C)CC(=O)O)cc1C. The Labute approximate surface area is 99.6 Å². The third kappa shape index (κ3) is 3.79. The summed E-state index contributed by atoms with van der Waals surface area (Å²) in [5.41, 5.74) is 2.11. The predicted octanol–water partition coefficient (Wildman–Crippen LogP) is 1.82. The molecule has 0 aliphatic carbocycles. The standard InChI is InChI=1S/C12H15NO4/c1-8-4-5-10(6-9(8)2)17-12(16)13(3)7-11(14)15/h4-6H,7H2,1-3H3,(H,14,15). The molecule has 1 N–H and O–H groups in total. The Morgan fingerprint density at radius 3 is 2.47 bits per heavy atom. The number of carboxylic acid groups (broad SMARTS) is 1. The van der Waals surface area contributed by atoms with Crippen molar-refractivity contribution in [1.82, 2.24) is 4.90 Å². The fraction of sp³-hybridized carbons (Fsp3) is 0.333. The van der Waals surface area contributed by atoms with Crippen molar-refractivity contribution in [3.63, 3.8) is 0 Å². The lowest BCUT2D eigenvalue weighted by atomic mass is 10.1. The van der Waals surface area contributed by atoms with E-state index in [0.29, 0.717) is 5.75 Å². The number of carbonyl (C=O) groups is 2. The van der Waals surface area contributed by atoms with Crippen LogP contribution in [0.3, 0.4) is 0 Å². The highest BCUT2D eigenvalue weighted by Gasteiger charge is 2.14. The molecule has 0 aliphatic rings. The number of likely N-dealkylation sites (N-methyl/N-ethyl adjacent to an activating group) is 1. The van der Waals surface area contributed by atoms with Crippen LogP contribution in [-0.4, -0.2) is 35.7 Å². The van der Waals surface area contributed by atoms with E-state index in [9.17, 15) is 9.59 Å². The maximum Gasteiger partial charge on any atom is 0.415 e. The van der Waals surface area contributed by atoms with Crippen LogP contribution < -0.4 is 4.74 Å². The second-order valence-corrected chi connectivity index (χ2v) is 3.86. The number of hydrogen-bond donors (Lipinski definition) is 1. The summed E-state index contributed by atoms with van der Waals surface area (Å²) in [7, 11) is 1.37. The van der Waals surface area contributed by atoms with Gasteiger partial charge in [-0.1, -0.05) is 6.07 Å². The van der Waals surface area contributed by atoms with Crippen LogP contribution in [-0.2, 0) is 4.79 Å². The fourth-order valence-corrected chi connectivity index (χ4v) is 1.22. The molecular weight excluding hydrogens is 222 g/mol. The van der Waals surface area contributed by atoms with Gasteiger partial charge in [-0.2, -0.15) is 0 Å². The van der Waals surface area contributed by atoms with Crippen LogP contribution in [0, 0.1) is 13.8 Å². The minimum Gasteiger partial charge on any atom is -0.480 e. The first-order valence-electron chi connectivity index (χ1n) is 5.12. The van der Waals surface area contributed by atoms with Crippen molar-refractivity contribution < 1.29 is 19.4 Å². The highest BCUT2D eigenvalue weighted by atomic mass is 16.6. The monoisotopic (exact) mass is 237 g/mol. The number of rotatable bonds is 3. The normalized spacial score (nSPS) is 9.82. The average molecular weight is 237 g/mol. The van der Waals surface area contributed by atoms with E-state index in [-0.39, 0.29) is 6.54 Å². The van der Waals surface area contributed by atoms with Gasteiger partial charge in [-0.3, -0.25) is 9.69 Å². The number of aliphatic carboxylic acids is 1. The molecule has 0 radical (unpaired) electrons. The summed E-state index contributed by atoms with van der Waals surface area (Å²) in [5.74, 6) is -0.667. The average Bonchev–Trinajstić information content (AvgIpc) is 2.22. The molecule has 1 rings (SSSR count). The van der Waals surface area contributed by atoms with Crippen LogP contribution in [0.5, 0.6) is 5.75 Å². The maximum absolute atomic E-state index is 11.5. The molecule has 1 aromatic carbocycles. The van der Waals surface area contributed by atoms with Gasteiger partial charge in [0.15, 0.2) is 0 Å². The zero-order valence-electron chi connectivity index (χ0n) is 10.1. The summed E-state index contributed by atoms with van der Waals surface area (Å²) in [6, 6.07) is 5.26. The van der Waals surface area contributed by atoms with Crippen LogP contribution in [0.2, 0.25) is 0 Å². The molecule has 0 fully saturated rings. The molecule has 0 atom stereocenters. The van der Waals surface area contributed by atoms with Crippen molar-refractivity contribution in [3.8, 4) is 5.75 Å². The van der Waals surface area contributed by atoms with Crippen molar-refractivity contribution in [2.45, 2.75) is 13.8 Å². The Morgan fingerprint density at radius 1 is 1.29 bits per heavy atom. The molecule has 92 valence electrons. The van der Waals surface area contributed by atoms with Gasteiger partial charge in [-0.15, -0.1) is 0 Å². The number of carbonyl (C=O) groups excluding carboxylic acids is 1. The molecule has 1 amide bonds. The molecule has 1 aromatic rings. The van der Waals surface area contributed by atoms with E-state index in [4.69, 9.17) is 9.84 Å². The van der Waals surface area contributed by atoms with Crippen LogP contribution in [0.1, 0.15) is 11.1 Å². The van der Waals surface area contributed by atoms with E-state index in [1.165, 1.54) is 7.05 Å². The van der Waals surface area contributed by atoms with Gasteiger partial charge in [0.2, 0.25) is 0 Å². The molecule has 0 unspecified atom stereocenters. The Bertz CT molecular complexity index is 442. The molecule has 5 heteroatoms. The zero-order chi connectivity index (χ0) is 13.0. The lowest BCUT2D eigenvalue weighted by Crippen LogP contribution is -2.34. The number of carboxylic acids is 1. The molecule has 0 saturated carbocycles. The van der Waals surface area contributed by atoms with Gasteiger partial charge in [0.1, 0.15) is 12.3 Å². The van der Waals surface area contributed by atoms with Crippen molar-refractivity contribution in [2.75, 3.05) is 13.6 Å². The summed E-state index contributed by atoms with van der Waals surface area (Å²) in [4.78, 5) is 22.9. The van der Waals surface area contributed by atoms with E-state index in [2.05, 4.69) is 0 Å². The van der Waals surface area contributed by atoms with Crippen molar-refractivity contribution >= 4 is 12.1 Å². The second kappa shape index (κ2) is 5.34. The molecule has 5 nitrogen and oxygen atoms in total. The lowest BCUT2D eigenvalue weighted by Gasteiger charge is -2.14. The number of hydrogen-bond acceptors (Lipinski definition) is 3. The topological polar surface area (TPSA) is 66.8 Å². The first-order chi connectivity index (χ1) is 7.90. The van der Waals surface area contributed by atoms with Crippen molar-refractivity contribution in [3.05, 3.63) is 29.3 Å². The number of ether oxygens (including phenoxy) is 1. The molecule has 0 heterocycles. The van der Waals surface area contributed by atoms with Crippen LogP contribution in [0.25, 0.3) is 0 Å². The molecule has 0 aliphatic heterocycles. The smallest absolute Gasteiger partial charge is 0.415 e. The predicted molar refractivity (Wildman–Crippen MR) is 62.2 cm³/mol. The summed E-state index contributed by atoms with van der Waals surface area (Å²) < 4.78 is 5.04. The molecule has 0 spiro atoms. The number of nitrogens with zero attached hydrogens (tertiary/aromatic N) is 1. The maximum atomic E-state index is 11.5. The largest absolute Gasteiger partial charge is 0.480 e.